The number of nitrogens with zero attached hydrogens (tertiary/aromatic N) is 1. The molecule has 0 saturated heterocycles. The number of phosphoric acid groups is 1. The van der Waals surface area contributed by atoms with Gasteiger partial charge >= 0.3 is 5.97 Å². The van der Waals surface area contributed by atoms with E-state index in [1.54, 1.807) is 0 Å². The van der Waals surface area contributed by atoms with Crippen LogP contribution >= 0.6 is 7.82 Å². The first kappa shape index (κ1) is 64.7. The molecule has 0 aromatic rings. The second-order valence-electron chi connectivity index (χ2n) is 19.2. The van der Waals surface area contributed by atoms with Gasteiger partial charge in [0.15, 0.2) is 0 Å². The van der Waals surface area contributed by atoms with Gasteiger partial charge in [-0.1, -0.05) is 234 Å². The van der Waals surface area contributed by atoms with Gasteiger partial charge in [0, 0.05) is 13.0 Å². The predicted molar refractivity (Wildman–Crippen MR) is 286 cm³/mol. The van der Waals surface area contributed by atoms with Crippen molar-refractivity contribution in [1.29, 1.82) is 0 Å². The van der Waals surface area contributed by atoms with E-state index in [-0.39, 0.29) is 26.2 Å². The molecule has 0 saturated carbocycles. The van der Waals surface area contributed by atoms with Gasteiger partial charge in [0.1, 0.15) is 19.3 Å². The third-order valence-electron chi connectivity index (χ3n) is 11.5. The van der Waals surface area contributed by atoms with Crippen molar-refractivity contribution in [2.75, 3.05) is 54.1 Å². The van der Waals surface area contributed by atoms with E-state index in [0.717, 1.165) is 64.2 Å². The number of rotatable bonds is 50. The quantitative estimate of drug-likeness (QED) is 0.0197. The minimum atomic E-state index is -4.55. The summed E-state index contributed by atoms with van der Waals surface area (Å²) in [6.07, 6.45) is 67.7. The van der Waals surface area contributed by atoms with E-state index in [1.807, 2.05) is 21.1 Å². The molecule has 2 atom stereocenters. The first-order valence-electron chi connectivity index (χ1n) is 27.3. The topological polar surface area (TPSA) is 94.1 Å². The average Bonchev–Trinajstić information content (AvgIpc) is 3.29. The maximum atomic E-state index is 12.7. The number of carbonyl (C=O) groups excluding carboxylic acids is 1. The number of phosphoric ester groups is 1. The molecule has 0 heterocycles. The molecule has 0 aromatic heterocycles. The SMILES string of the molecule is CC/C=C\C/C=C\C/C=C\C/C=C\C/C=C\C/C=C\C/C=C\CCCC(=O)OC(COCCCCCCCCCCCCCCCCCCCCCCCC)COP(=O)([O-])OCC[N+](C)(C)C. The van der Waals surface area contributed by atoms with Crippen LogP contribution in [0.25, 0.3) is 0 Å². The molecular weight excluding hydrogens is 854 g/mol. The van der Waals surface area contributed by atoms with Crippen molar-refractivity contribution in [2.24, 2.45) is 0 Å². The lowest BCUT2D eigenvalue weighted by molar-refractivity contribution is -0.870. The minimum absolute atomic E-state index is 0.0123. The molecule has 9 heteroatoms. The fraction of sp³-hybridized carbons (Fsp3) is 0.741. The molecule has 2 unspecified atom stereocenters. The number of unbranched alkanes of at least 4 members (excludes halogenated alkanes) is 22. The van der Waals surface area contributed by atoms with Crippen molar-refractivity contribution >= 4 is 13.8 Å². The van der Waals surface area contributed by atoms with E-state index in [0.29, 0.717) is 24.1 Å². The molecule has 0 aliphatic rings. The highest BCUT2D eigenvalue weighted by atomic mass is 31.2. The number of allylic oxidation sites excluding steroid dienone is 14. The summed E-state index contributed by atoms with van der Waals surface area (Å²) in [7, 11) is 1.32. The van der Waals surface area contributed by atoms with Gasteiger partial charge in [-0.05, 0) is 64.2 Å². The third kappa shape index (κ3) is 54.5. The van der Waals surface area contributed by atoms with Crippen molar-refractivity contribution < 1.29 is 37.3 Å². The van der Waals surface area contributed by atoms with E-state index < -0.39 is 19.9 Å². The van der Waals surface area contributed by atoms with Crippen LogP contribution in [0.5, 0.6) is 0 Å². The smallest absolute Gasteiger partial charge is 0.306 e. The van der Waals surface area contributed by atoms with Gasteiger partial charge in [-0.25, -0.2) is 0 Å². The number of carbonyl (C=O) groups is 1. The molecule has 388 valence electrons. The lowest BCUT2D eigenvalue weighted by Gasteiger charge is -2.28. The van der Waals surface area contributed by atoms with Crippen molar-refractivity contribution in [2.45, 2.75) is 225 Å². The zero-order valence-corrected chi connectivity index (χ0v) is 45.0. The van der Waals surface area contributed by atoms with Crippen LogP contribution in [0, 0.1) is 0 Å². The standard InChI is InChI=1S/C58H104NO7P/c1-6-8-10-12-14-16-18-20-22-24-26-28-30-31-33-35-37-39-41-43-45-47-49-51-58(60)66-57(56-65-67(61,62)64-54-52-59(3,4)5)55-63-53-50-48-46-44-42-40-38-36-34-32-29-27-25-23-21-19-17-15-13-11-9-7-2/h8,10,14,16,20,22,26,28,31,33,37,39,43,45,57H,6-7,9,11-13,15,17-19,21,23-25,27,29-30,32,34-36,38,40-42,44,46-56H2,1-5H3/b10-8-,16-14-,22-20-,28-26-,33-31-,39-37-,45-43-. The predicted octanol–water partition coefficient (Wildman–Crippen LogP) is 16.5. The largest absolute Gasteiger partial charge is 0.756 e. The molecule has 0 radical (unpaired) electrons. The molecule has 0 spiro atoms. The molecule has 67 heavy (non-hydrogen) atoms. The summed E-state index contributed by atoms with van der Waals surface area (Å²) in [5.74, 6) is -0.390. The molecule has 0 N–H and O–H groups in total. The van der Waals surface area contributed by atoms with Gasteiger partial charge in [-0.3, -0.25) is 9.36 Å². The number of ether oxygens (including phenoxy) is 2. The molecular formula is C58H104NO7P. The van der Waals surface area contributed by atoms with Gasteiger partial charge in [0.25, 0.3) is 7.82 Å². The molecule has 0 aliphatic carbocycles. The molecule has 0 aromatic carbocycles. The molecule has 0 amide bonds. The van der Waals surface area contributed by atoms with E-state index in [9.17, 15) is 14.3 Å². The van der Waals surface area contributed by atoms with Crippen LogP contribution in [0.4, 0.5) is 0 Å². The zero-order chi connectivity index (χ0) is 49.0. The number of likely N-dealkylation sites (N-methyl/N-ethyl adjacent to an activating group) is 1. The Morgan fingerprint density at radius 3 is 1.24 bits per heavy atom. The summed E-state index contributed by atoms with van der Waals surface area (Å²) in [6, 6.07) is 0. The lowest BCUT2D eigenvalue weighted by Crippen LogP contribution is -2.37. The van der Waals surface area contributed by atoms with Crippen LogP contribution in [0.1, 0.15) is 219 Å². The summed E-state index contributed by atoms with van der Waals surface area (Å²) < 4.78 is 34.7. The van der Waals surface area contributed by atoms with E-state index in [1.165, 1.54) is 128 Å². The van der Waals surface area contributed by atoms with Gasteiger partial charge in [0.05, 0.1) is 34.4 Å². The van der Waals surface area contributed by atoms with E-state index in [2.05, 4.69) is 98.9 Å². The highest BCUT2D eigenvalue weighted by Gasteiger charge is 2.20. The Bertz CT molecular complexity index is 1340. The lowest BCUT2D eigenvalue weighted by atomic mass is 10.0. The van der Waals surface area contributed by atoms with Crippen LogP contribution < -0.4 is 4.89 Å². The fourth-order valence-corrected chi connectivity index (χ4v) is 8.03. The Hall–Kier alpha value is -2.32. The minimum Gasteiger partial charge on any atom is -0.756 e. The van der Waals surface area contributed by atoms with Crippen molar-refractivity contribution in [3.63, 3.8) is 0 Å². The van der Waals surface area contributed by atoms with E-state index in [4.69, 9.17) is 18.5 Å². The van der Waals surface area contributed by atoms with Crippen LogP contribution in [0.3, 0.4) is 0 Å². The number of hydrogen-bond acceptors (Lipinski definition) is 7. The van der Waals surface area contributed by atoms with Crippen molar-refractivity contribution in [3.05, 3.63) is 85.1 Å². The number of quaternary nitrogens is 1. The highest BCUT2D eigenvalue weighted by Crippen LogP contribution is 2.38. The maximum Gasteiger partial charge on any atom is 0.306 e. The van der Waals surface area contributed by atoms with Crippen molar-refractivity contribution in [3.8, 4) is 0 Å². The van der Waals surface area contributed by atoms with Gasteiger partial charge < -0.3 is 27.9 Å². The zero-order valence-electron chi connectivity index (χ0n) is 44.1. The van der Waals surface area contributed by atoms with Gasteiger partial charge in [-0.2, -0.15) is 0 Å². The molecule has 0 fully saturated rings. The second-order valence-corrected chi connectivity index (χ2v) is 20.6. The second kappa shape index (κ2) is 50.1. The number of hydrogen-bond donors (Lipinski definition) is 0. The molecule has 0 rings (SSSR count). The monoisotopic (exact) mass is 958 g/mol. The number of esters is 1. The summed E-state index contributed by atoms with van der Waals surface area (Å²) in [5, 5.41) is 0. The van der Waals surface area contributed by atoms with Crippen LogP contribution in [-0.2, 0) is 27.9 Å². The van der Waals surface area contributed by atoms with Crippen molar-refractivity contribution in [1.82, 2.24) is 0 Å². The van der Waals surface area contributed by atoms with Gasteiger partial charge in [0.2, 0.25) is 0 Å². The van der Waals surface area contributed by atoms with E-state index >= 15 is 0 Å². The Morgan fingerprint density at radius 1 is 0.478 bits per heavy atom. The first-order valence-corrected chi connectivity index (χ1v) is 28.8. The maximum absolute atomic E-state index is 12.7. The Labute approximate surface area is 414 Å². The van der Waals surface area contributed by atoms with Gasteiger partial charge in [-0.15, -0.1) is 0 Å². The van der Waals surface area contributed by atoms with Crippen LogP contribution in [-0.4, -0.2) is 70.7 Å². The summed E-state index contributed by atoms with van der Waals surface area (Å²) in [4.78, 5) is 25.2. The molecule has 0 bridgehead atoms. The first-order chi connectivity index (χ1) is 32.6. The molecule has 8 nitrogen and oxygen atoms in total. The summed E-state index contributed by atoms with van der Waals surface area (Å²) in [6.45, 7) is 5.24. The summed E-state index contributed by atoms with van der Waals surface area (Å²) >= 11 is 0. The molecule has 0 aliphatic heterocycles. The Kier molecular flexibility index (Phi) is 48.3. The third-order valence-corrected chi connectivity index (χ3v) is 12.4. The fourth-order valence-electron chi connectivity index (χ4n) is 7.30. The summed E-state index contributed by atoms with van der Waals surface area (Å²) in [5.41, 5.74) is 0. The Morgan fingerprint density at radius 2 is 0.851 bits per heavy atom. The highest BCUT2D eigenvalue weighted by molar-refractivity contribution is 7.45. The Balaban J connectivity index is 4.22. The van der Waals surface area contributed by atoms with Crippen LogP contribution in [0.2, 0.25) is 0 Å². The van der Waals surface area contributed by atoms with Crippen LogP contribution in [0.15, 0.2) is 85.1 Å². The average molecular weight is 958 g/mol. The normalized spacial score (nSPS) is 14.2.